The highest BCUT2D eigenvalue weighted by atomic mass is 19.3. The van der Waals surface area contributed by atoms with Gasteiger partial charge in [-0.05, 0) is 42.9 Å². The molecule has 3 unspecified atom stereocenters. The number of carbonyl (C=O) groups excluding carboxylic acids is 1. The van der Waals surface area contributed by atoms with E-state index in [0.717, 1.165) is 18.4 Å². The van der Waals surface area contributed by atoms with E-state index in [9.17, 15) is 13.6 Å². The Labute approximate surface area is 134 Å². The fraction of sp³-hybridized carbons (Fsp3) is 0.588. The van der Waals surface area contributed by atoms with Crippen LogP contribution in [0.3, 0.4) is 0 Å². The van der Waals surface area contributed by atoms with Crippen LogP contribution in [0, 0.1) is 5.92 Å². The predicted molar refractivity (Wildman–Crippen MR) is 82.2 cm³/mol. The van der Waals surface area contributed by atoms with E-state index in [4.69, 9.17) is 0 Å². The van der Waals surface area contributed by atoms with Gasteiger partial charge in [0.25, 0.3) is 0 Å². The van der Waals surface area contributed by atoms with E-state index in [0.29, 0.717) is 18.5 Å². The number of fused-ring (bicyclic) bond motifs is 1. The molecule has 0 aromatic heterocycles. The van der Waals surface area contributed by atoms with E-state index >= 15 is 0 Å². The van der Waals surface area contributed by atoms with Gasteiger partial charge in [0.2, 0.25) is 5.91 Å². The Balaban J connectivity index is 1.51. The van der Waals surface area contributed by atoms with Crippen LogP contribution in [0.25, 0.3) is 0 Å². The fourth-order valence-corrected chi connectivity index (χ4v) is 3.67. The zero-order valence-electron chi connectivity index (χ0n) is 12.9. The molecule has 4 nitrogen and oxygen atoms in total. The van der Waals surface area contributed by atoms with Crippen LogP contribution >= 0.6 is 0 Å². The van der Waals surface area contributed by atoms with Crippen molar-refractivity contribution in [3.05, 3.63) is 29.8 Å². The number of nitrogens with one attached hydrogen (secondary N) is 2. The molecule has 1 amide bonds. The van der Waals surface area contributed by atoms with Gasteiger partial charge in [-0.2, -0.15) is 8.78 Å². The molecule has 1 aliphatic carbocycles. The maximum atomic E-state index is 12.3. The molecule has 1 saturated heterocycles. The number of hydrogen-bond donors (Lipinski definition) is 2. The first-order valence-corrected chi connectivity index (χ1v) is 8.19. The summed E-state index contributed by atoms with van der Waals surface area (Å²) in [5.74, 6) is 0.707. The monoisotopic (exact) mass is 324 g/mol. The van der Waals surface area contributed by atoms with Crippen LogP contribution in [0.15, 0.2) is 24.3 Å². The number of hydrogen-bond acceptors (Lipinski definition) is 3. The van der Waals surface area contributed by atoms with Crippen molar-refractivity contribution >= 4 is 5.91 Å². The standard InChI is InChI=1S/C17H22F2N2O2/c18-17(19)23-13-6-3-4-11(8-13)10-20-16(22)15-9-12-5-1-2-7-14(12)21-15/h3-4,6,8,12,14-15,17,21H,1-2,5,7,9-10H2,(H,20,22). The van der Waals surface area contributed by atoms with Crippen LogP contribution < -0.4 is 15.4 Å². The zero-order chi connectivity index (χ0) is 16.2. The first kappa shape index (κ1) is 16.2. The highest BCUT2D eigenvalue weighted by molar-refractivity contribution is 5.82. The topological polar surface area (TPSA) is 50.4 Å². The van der Waals surface area contributed by atoms with E-state index in [1.54, 1.807) is 12.1 Å². The van der Waals surface area contributed by atoms with Gasteiger partial charge in [-0.3, -0.25) is 4.79 Å². The molecule has 126 valence electrons. The summed E-state index contributed by atoms with van der Waals surface area (Å²) in [4.78, 5) is 12.3. The molecule has 2 N–H and O–H groups in total. The van der Waals surface area contributed by atoms with Gasteiger partial charge in [0.05, 0.1) is 6.04 Å². The molecule has 2 fully saturated rings. The minimum absolute atomic E-state index is 0.0143. The minimum atomic E-state index is -2.84. The molecular weight excluding hydrogens is 302 g/mol. The van der Waals surface area contributed by atoms with Crippen molar-refractivity contribution in [2.24, 2.45) is 5.92 Å². The smallest absolute Gasteiger partial charge is 0.387 e. The Kier molecular flexibility index (Phi) is 5.10. The van der Waals surface area contributed by atoms with Gasteiger partial charge in [0.15, 0.2) is 0 Å². The summed E-state index contributed by atoms with van der Waals surface area (Å²) in [6, 6.07) is 6.75. The number of halogens is 2. The van der Waals surface area contributed by atoms with Gasteiger partial charge in [0, 0.05) is 12.6 Å². The summed E-state index contributed by atoms with van der Waals surface area (Å²) in [5, 5.41) is 6.32. The van der Waals surface area contributed by atoms with Gasteiger partial charge in [-0.25, -0.2) is 0 Å². The summed E-state index contributed by atoms with van der Waals surface area (Å²) >= 11 is 0. The molecule has 1 saturated carbocycles. The van der Waals surface area contributed by atoms with Crippen molar-refractivity contribution in [2.45, 2.75) is 57.3 Å². The van der Waals surface area contributed by atoms with Crippen molar-refractivity contribution < 1.29 is 18.3 Å². The molecule has 1 heterocycles. The molecule has 1 aromatic rings. The van der Waals surface area contributed by atoms with Crippen LogP contribution in [-0.2, 0) is 11.3 Å². The van der Waals surface area contributed by atoms with Gasteiger partial charge < -0.3 is 15.4 Å². The van der Waals surface area contributed by atoms with E-state index < -0.39 is 6.61 Å². The minimum Gasteiger partial charge on any atom is -0.435 e. The molecule has 1 aromatic carbocycles. The molecular formula is C17H22F2N2O2. The molecule has 23 heavy (non-hydrogen) atoms. The number of ether oxygens (including phenoxy) is 1. The molecule has 3 atom stereocenters. The third kappa shape index (κ3) is 4.19. The van der Waals surface area contributed by atoms with Crippen LogP contribution in [0.4, 0.5) is 8.78 Å². The highest BCUT2D eigenvalue weighted by Gasteiger charge is 2.37. The van der Waals surface area contributed by atoms with Crippen LogP contribution in [0.2, 0.25) is 0 Å². The summed E-state index contributed by atoms with van der Waals surface area (Å²) in [6.45, 7) is -2.53. The number of carbonyl (C=O) groups is 1. The lowest BCUT2D eigenvalue weighted by atomic mass is 9.85. The summed E-state index contributed by atoms with van der Waals surface area (Å²) in [6.07, 6.45) is 5.74. The highest BCUT2D eigenvalue weighted by Crippen LogP contribution is 2.33. The van der Waals surface area contributed by atoms with Crippen molar-refractivity contribution in [1.82, 2.24) is 10.6 Å². The van der Waals surface area contributed by atoms with E-state index in [2.05, 4.69) is 15.4 Å². The lowest BCUT2D eigenvalue weighted by molar-refractivity contribution is -0.123. The fourth-order valence-electron chi connectivity index (χ4n) is 3.67. The largest absolute Gasteiger partial charge is 0.435 e. The maximum absolute atomic E-state index is 12.3. The molecule has 6 heteroatoms. The first-order valence-electron chi connectivity index (χ1n) is 8.19. The number of amides is 1. The van der Waals surface area contributed by atoms with Crippen molar-refractivity contribution in [3.8, 4) is 5.75 Å². The van der Waals surface area contributed by atoms with Crippen LogP contribution in [0.1, 0.15) is 37.7 Å². The maximum Gasteiger partial charge on any atom is 0.387 e. The van der Waals surface area contributed by atoms with E-state index in [-0.39, 0.29) is 17.7 Å². The predicted octanol–water partition coefficient (Wildman–Crippen LogP) is 2.82. The van der Waals surface area contributed by atoms with E-state index in [1.165, 1.54) is 31.4 Å². The van der Waals surface area contributed by atoms with Gasteiger partial charge in [-0.1, -0.05) is 25.0 Å². The Morgan fingerprint density at radius 1 is 1.35 bits per heavy atom. The Morgan fingerprint density at radius 3 is 2.96 bits per heavy atom. The Morgan fingerprint density at radius 2 is 2.17 bits per heavy atom. The lowest BCUT2D eigenvalue weighted by Gasteiger charge is -2.24. The summed E-state index contributed by atoms with van der Waals surface area (Å²) in [7, 11) is 0. The molecule has 0 radical (unpaired) electrons. The summed E-state index contributed by atoms with van der Waals surface area (Å²) < 4.78 is 28.8. The Hall–Kier alpha value is -1.69. The quantitative estimate of drug-likeness (QED) is 0.876. The lowest BCUT2D eigenvalue weighted by Crippen LogP contribution is -2.42. The normalized spacial score (nSPS) is 26.8. The number of rotatable bonds is 5. The molecule has 0 bridgehead atoms. The van der Waals surface area contributed by atoms with E-state index in [1.807, 2.05) is 0 Å². The van der Waals surface area contributed by atoms with Crippen molar-refractivity contribution in [2.75, 3.05) is 0 Å². The second-order valence-electron chi connectivity index (χ2n) is 6.35. The van der Waals surface area contributed by atoms with Crippen molar-refractivity contribution in [1.29, 1.82) is 0 Å². The molecule has 1 aliphatic heterocycles. The zero-order valence-corrected chi connectivity index (χ0v) is 12.9. The van der Waals surface area contributed by atoms with Gasteiger partial charge >= 0.3 is 6.61 Å². The molecule has 0 spiro atoms. The second kappa shape index (κ2) is 7.25. The number of benzene rings is 1. The third-order valence-corrected chi connectivity index (χ3v) is 4.77. The Bertz CT molecular complexity index is 539. The third-order valence-electron chi connectivity index (χ3n) is 4.77. The van der Waals surface area contributed by atoms with Crippen molar-refractivity contribution in [3.63, 3.8) is 0 Å². The molecule has 2 aliphatic rings. The van der Waals surface area contributed by atoms with Gasteiger partial charge in [-0.15, -0.1) is 0 Å². The van der Waals surface area contributed by atoms with Crippen LogP contribution in [0.5, 0.6) is 5.75 Å². The molecule has 3 rings (SSSR count). The average molecular weight is 324 g/mol. The van der Waals surface area contributed by atoms with Gasteiger partial charge in [0.1, 0.15) is 5.75 Å². The second-order valence-corrected chi connectivity index (χ2v) is 6.35. The average Bonchev–Trinajstić information content (AvgIpc) is 2.96. The SMILES string of the molecule is O=C(NCc1cccc(OC(F)F)c1)C1CC2CCCCC2N1. The number of alkyl halides is 2. The van der Waals surface area contributed by atoms with Crippen LogP contribution in [-0.4, -0.2) is 24.6 Å². The first-order chi connectivity index (χ1) is 11.1. The summed E-state index contributed by atoms with van der Waals surface area (Å²) in [5.41, 5.74) is 0.743.